The Morgan fingerprint density at radius 2 is 2.10 bits per heavy atom. The molecule has 0 radical (unpaired) electrons. The number of ketones is 1. The van der Waals surface area contributed by atoms with E-state index in [2.05, 4.69) is 4.98 Å². The van der Waals surface area contributed by atoms with Crippen LogP contribution in [0.1, 0.15) is 29.3 Å². The third-order valence-electron chi connectivity index (χ3n) is 2.86. The van der Waals surface area contributed by atoms with Crippen LogP contribution in [0.15, 0.2) is 36.7 Å². The van der Waals surface area contributed by atoms with Crippen molar-refractivity contribution in [3.8, 4) is 11.5 Å². The zero-order valence-corrected chi connectivity index (χ0v) is 12.7. The molecule has 2 rings (SSSR count). The van der Waals surface area contributed by atoms with Gasteiger partial charge in [0, 0.05) is 16.8 Å². The highest BCUT2D eigenvalue weighted by Crippen LogP contribution is 2.26. The molecule has 0 aliphatic carbocycles. The van der Waals surface area contributed by atoms with Crippen molar-refractivity contribution in [2.24, 2.45) is 0 Å². The van der Waals surface area contributed by atoms with E-state index >= 15 is 0 Å². The summed E-state index contributed by atoms with van der Waals surface area (Å²) in [6, 6.07) is 6.59. The molecule has 5 heteroatoms. The zero-order valence-electron chi connectivity index (χ0n) is 11.9. The van der Waals surface area contributed by atoms with Crippen LogP contribution in [0.2, 0.25) is 5.02 Å². The lowest BCUT2D eigenvalue weighted by Crippen LogP contribution is -2.05. The Morgan fingerprint density at radius 1 is 1.29 bits per heavy atom. The number of carbonyl (C=O) groups is 1. The van der Waals surface area contributed by atoms with Crippen molar-refractivity contribution in [1.29, 1.82) is 0 Å². The molecule has 0 saturated heterocycles. The van der Waals surface area contributed by atoms with Crippen molar-refractivity contribution in [2.45, 2.75) is 13.3 Å². The van der Waals surface area contributed by atoms with E-state index < -0.39 is 0 Å². The zero-order chi connectivity index (χ0) is 15.2. The van der Waals surface area contributed by atoms with E-state index in [0.717, 1.165) is 6.42 Å². The molecule has 1 aromatic heterocycles. The molecule has 0 N–H and O–H groups in total. The van der Waals surface area contributed by atoms with Crippen LogP contribution < -0.4 is 9.47 Å². The fourth-order valence-electron chi connectivity index (χ4n) is 1.85. The van der Waals surface area contributed by atoms with Crippen LogP contribution in [0.3, 0.4) is 0 Å². The molecule has 0 unspecified atom stereocenters. The van der Waals surface area contributed by atoms with Crippen LogP contribution in [-0.4, -0.2) is 24.5 Å². The average molecular weight is 306 g/mol. The van der Waals surface area contributed by atoms with Gasteiger partial charge in [-0.05, 0) is 30.7 Å². The summed E-state index contributed by atoms with van der Waals surface area (Å²) in [5.41, 5.74) is 0.889. The van der Waals surface area contributed by atoms with E-state index in [1.54, 1.807) is 30.5 Å². The Balaban J connectivity index is 2.31. The molecule has 0 bridgehead atoms. The van der Waals surface area contributed by atoms with Crippen molar-refractivity contribution in [3.05, 3.63) is 52.8 Å². The van der Waals surface area contributed by atoms with Crippen molar-refractivity contribution >= 4 is 17.4 Å². The third kappa shape index (κ3) is 3.73. The highest BCUT2D eigenvalue weighted by molar-refractivity contribution is 6.31. The predicted molar refractivity (Wildman–Crippen MR) is 81.5 cm³/mol. The molecule has 110 valence electrons. The van der Waals surface area contributed by atoms with Gasteiger partial charge in [0.2, 0.25) is 0 Å². The van der Waals surface area contributed by atoms with Crippen LogP contribution in [0.4, 0.5) is 0 Å². The minimum atomic E-state index is -0.182. The summed E-state index contributed by atoms with van der Waals surface area (Å²) >= 11 is 5.91. The maximum atomic E-state index is 12.5. The monoisotopic (exact) mass is 305 g/mol. The number of hydrogen-bond acceptors (Lipinski definition) is 4. The van der Waals surface area contributed by atoms with Crippen LogP contribution in [0, 0.1) is 0 Å². The summed E-state index contributed by atoms with van der Waals surface area (Å²) in [4.78, 5) is 16.6. The van der Waals surface area contributed by atoms with Gasteiger partial charge in [0.1, 0.15) is 11.5 Å². The van der Waals surface area contributed by atoms with Crippen LogP contribution in [0.5, 0.6) is 11.5 Å². The predicted octanol–water partition coefficient (Wildman–Crippen LogP) is 3.76. The number of halogens is 1. The Morgan fingerprint density at radius 3 is 2.81 bits per heavy atom. The highest BCUT2D eigenvalue weighted by Gasteiger charge is 2.16. The summed E-state index contributed by atoms with van der Waals surface area (Å²) < 4.78 is 10.7. The van der Waals surface area contributed by atoms with E-state index in [1.807, 2.05) is 6.92 Å². The fraction of sp³-hybridized carbons (Fsp3) is 0.250. The Labute approximate surface area is 128 Å². The number of pyridine rings is 1. The minimum Gasteiger partial charge on any atom is -0.496 e. The molecule has 21 heavy (non-hydrogen) atoms. The van der Waals surface area contributed by atoms with Crippen molar-refractivity contribution in [1.82, 2.24) is 4.98 Å². The first-order chi connectivity index (χ1) is 10.2. The lowest BCUT2D eigenvalue weighted by atomic mass is 10.0. The molecule has 0 saturated carbocycles. The van der Waals surface area contributed by atoms with Crippen molar-refractivity contribution in [2.75, 3.05) is 13.7 Å². The molecular formula is C16H16ClNO3. The summed E-state index contributed by atoms with van der Waals surface area (Å²) in [5, 5.41) is 0.515. The fourth-order valence-corrected chi connectivity index (χ4v) is 2.01. The Kier molecular flexibility index (Phi) is 5.17. The first kappa shape index (κ1) is 15.3. The largest absolute Gasteiger partial charge is 0.496 e. The topological polar surface area (TPSA) is 48.4 Å². The van der Waals surface area contributed by atoms with E-state index in [1.165, 1.54) is 13.3 Å². The summed E-state index contributed by atoms with van der Waals surface area (Å²) in [6.07, 6.45) is 3.99. The molecular weight excluding hydrogens is 290 g/mol. The smallest absolute Gasteiger partial charge is 0.198 e. The molecule has 4 nitrogen and oxygen atoms in total. The minimum absolute atomic E-state index is 0.182. The number of methoxy groups -OCH3 is 1. The van der Waals surface area contributed by atoms with Crippen molar-refractivity contribution < 1.29 is 14.3 Å². The van der Waals surface area contributed by atoms with Gasteiger partial charge in [-0.15, -0.1) is 0 Å². The molecule has 0 fully saturated rings. The second-order valence-corrected chi connectivity index (χ2v) is 4.87. The number of rotatable bonds is 6. The third-order valence-corrected chi connectivity index (χ3v) is 3.09. The van der Waals surface area contributed by atoms with Crippen LogP contribution in [0.25, 0.3) is 0 Å². The molecule has 0 aliphatic rings. The van der Waals surface area contributed by atoms with Crippen LogP contribution >= 0.6 is 11.6 Å². The Hall–Kier alpha value is -2.07. The summed E-state index contributed by atoms with van der Waals surface area (Å²) in [7, 11) is 1.50. The maximum Gasteiger partial charge on any atom is 0.198 e. The molecule has 0 atom stereocenters. The normalized spacial score (nSPS) is 10.2. The van der Waals surface area contributed by atoms with Gasteiger partial charge in [-0.1, -0.05) is 18.5 Å². The van der Waals surface area contributed by atoms with E-state index in [4.69, 9.17) is 21.1 Å². The van der Waals surface area contributed by atoms with Crippen LogP contribution in [-0.2, 0) is 0 Å². The van der Waals surface area contributed by atoms with Gasteiger partial charge < -0.3 is 9.47 Å². The van der Waals surface area contributed by atoms with Gasteiger partial charge in [0.05, 0.1) is 25.5 Å². The van der Waals surface area contributed by atoms with Gasteiger partial charge in [-0.25, -0.2) is 0 Å². The van der Waals surface area contributed by atoms with Gasteiger partial charge in [0.15, 0.2) is 5.78 Å². The number of carbonyl (C=O) groups excluding carboxylic acids is 1. The van der Waals surface area contributed by atoms with E-state index in [0.29, 0.717) is 34.3 Å². The quantitative estimate of drug-likeness (QED) is 0.762. The van der Waals surface area contributed by atoms with Gasteiger partial charge in [-0.3, -0.25) is 9.78 Å². The summed E-state index contributed by atoms with van der Waals surface area (Å²) in [5.74, 6) is 0.834. The van der Waals surface area contributed by atoms with E-state index in [-0.39, 0.29) is 5.78 Å². The molecule has 0 spiro atoms. The molecule has 0 aliphatic heterocycles. The van der Waals surface area contributed by atoms with Gasteiger partial charge in [-0.2, -0.15) is 0 Å². The first-order valence-corrected chi connectivity index (χ1v) is 6.99. The Bertz CT molecular complexity index is 643. The second kappa shape index (κ2) is 7.09. The average Bonchev–Trinajstić information content (AvgIpc) is 2.52. The van der Waals surface area contributed by atoms with E-state index in [9.17, 15) is 4.79 Å². The number of benzene rings is 1. The number of hydrogen-bond donors (Lipinski definition) is 0. The highest BCUT2D eigenvalue weighted by atomic mass is 35.5. The lowest BCUT2D eigenvalue weighted by molar-refractivity contribution is 0.103. The number of aromatic nitrogens is 1. The summed E-state index contributed by atoms with van der Waals surface area (Å²) in [6.45, 7) is 2.60. The standard InChI is InChI=1S/C16H16ClNO3/c1-3-6-21-13-7-11(9-18-10-13)16(19)14-5-4-12(17)8-15(14)20-2/h4-5,7-10H,3,6H2,1-2H3. The molecule has 0 amide bonds. The first-order valence-electron chi connectivity index (χ1n) is 6.61. The van der Waals surface area contributed by atoms with Gasteiger partial charge in [0.25, 0.3) is 0 Å². The SMILES string of the molecule is CCCOc1cncc(C(=O)c2ccc(Cl)cc2OC)c1. The maximum absolute atomic E-state index is 12.5. The number of nitrogens with zero attached hydrogens (tertiary/aromatic N) is 1. The molecule has 2 aromatic rings. The second-order valence-electron chi connectivity index (χ2n) is 4.43. The van der Waals surface area contributed by atoms with Crippen molar-refractivity contribution in [3.63, 3.8) is 0 Å². The number of ether oxygens (including phenoxy) is 2. The lowest BCUT2D eigenvalue weighted by Gasteiger charge is -2.09. The van der Waals surface area contributed by atoms with Gasteiger partial charge >= 0.3 is 0 Å². The molecule has 1 heterocycles. The molecule has 1 aromatic carbocycles.